The monoisotopic (exact) mass is 456 g/mol. The van der Waals surface area contributed by atoms with Gasteiger partial charge in [-0.25, -0.2) is 13.6 Å². The van der Waals surface area contributed by atoms with E-state index >= 15 is 0 Å². The number of nitrogens with two attached hydrogens (primary N) is 1. The zero-order chi connectivity index (χ0) is 22.8. The molecule has 1 heterocycles. The molecule has 2 aromatic rings. The topological polar surface area (TPSA) is 95.7 Å². The number of nitrogens with zero attached hydrogens (tertiary/aromatic N) is 2. The number of halogens is 3. The van der Waals surface area contributed by atoms with Crippen molar-refractivity contribution in [3.05, 3.63) is 54.1 Å². The molecule has 1 aliphatic rings. The zero-order valence-electron chi connectivity index (χ0n) is 16.8. The summed E-state index contributed by atoms with van der Waals surface area (Å²) in [6.07, 6.45) is -4.39. The van der Waals surface area contributed by atoms with Crippen LogP contribution in [0.25, 0.3) is 0 Å². The minimum Gasteiger partial charge on any atom is -0.369 e. The molecule has 0 bridgehead atoms. The van der Waals surface area contributed by atoms with E-state index < -0.39 is 27.8 Å². The van der Waals surface area contributed by atoms with Crippen LogP contribution in [0.3, 0.4) is 0 Å². The van der Waals surface area contributed by atoms with E-state index in [-0.39, 0.29) is 10.8 Å². The maximum atomic E-state index is 12.9. The summed E-state index contributed by atoms with van der Waals surface area (Å²) < 4.78 is 61.4. The first-order chi connectivity index (χ1) is 14.4. The van der Waals surface area contributed by atoms with E-state index in [2.05, 4.69) is 5.32 Å². The Balaban J connectivity index is 1.57. The van der Waals surface area contributed by atoms with Gasteiger partial charge in [0.1, 0.15) is 0 Å². The van der Waals surface area contributed by atoms with Gasteiger partial charge < -0.3 is 10.2 Å². The number of alkyl halides is 3. The molecule has 1 saturated heterocycles. The Morgan fingerprint density at radius 1 is 1.06 bits per heavy atom. The van der Waals surface area contributed by atoms with Gasteiger partial charge in [-0.3, -0.25) is 9.69 Å². The predicted molar refractivity (Wildman–Crippen MR) is 111 cm³/mol. The van der Waals surface area contributed by atoms with Crippen LogP contribution in [0.1, 0.15) is 12.5 Å². The second kappa shape index (κ2) is 8.85. The molecule has 1 aliphatic heterocycles. The summed E-state index contributed by atoms with van der Waals surface area (Å²) in [7, 11) is -3.81. The number of anilines is 2. The van der Waals surface area contributed by atoms with Crippen molar-refractivity contribution in [1.29, 1.82) is 0 Å². The first kappa shape index (κ1) is 23.0. The molecule has 168 valence electrons. The number of benzene rings is 2. The summed E-state index contributed by atoms with van der Waals surface area (Å²) in [5.41, 5.74) is 0.252. The summed E-state index contributed by atoms with van der Waals surface area (Å²) in [4.78, 5) is 16.3. The van der Waals surface area contributed by atoms with Gasteiger partial charge in [-0.05, 0) is 49.4 Å². The fourth-order valence-electron chi connectivity index (χ4n) is 3.39. The van der Waals surface area contributed by atoms with Crippen molar-refractivity contribution in [2.45, 2.75) is 24.0 Å². The minimum atomic E-state index is -4.39. The largest absolute Gasteiger partial charge is 0.416 e. The Hall–Kier alpha value is -2.63. The third-order valence-electron chi connectivity index (χ3n) is 5.23. The third-order valence-corrected chi connectivity index (χ3v) is 6.16. The Kier molecular flexibility index (Phi) is 6.58. The lowest BCUT2D eigenvalue weighted by atomic mass is 10.1. The molecule has 2 aromatic carbocycles. The maximum Gasteiger partial charge on any atom is 0.416 e. The quantitative estimate of drug-likeness (QED) is 0.721. The maximum absolute atomic E-state index is 12.9. The van der Waals surface area contributed by atoms with Crippen LogP contribution in [-0.4, -0.2) is 51.4 Å². The normalized spacial score (nSPS) is 16.7. The van der Waals surface area contributed by atoms with E-state index in [1.54, 1.807) is 13.0 Å². The molecule has 1 atom stereocenters. The van der Waals surface area contributed by atoms with Crippen molar-refractivity contribution < 1.29 is 26.4 Å². The molecule has 31 heavy (non-hydrogen) atoms. The van der Waals surface area contributed by atoms with E-state index in [4.69, 9.17) is 5.14 Å². The van der Waals surface area contributed by atoms with Crippen LogP contribution < -0.4 is 15.4 Å². The van der Waals surface area contributed by atoms with Crippen molar-refractivity contribution in [1.82, 2.24) is 4.90 Å². The van der Waals surface area contributed by atoms with Gasteiger partial charge in [0.05, 0.1) is 16.5 Å². The zero-order valence-corrected chi connectivity index (χ0v) is 17.6. The Morgan fingerprint density at radius 3 is 2.23 bits per heavy atom. The molecule has 11 heteroatoms. The van der Waals surface area contributed by atoms with Crippen LogP contribution in [-0.2, 0) is 21.0 Å². The van der Waals surface area contributed by atoms with Crippen LogP contribution in [0.2, 0.25) is 0 Å². The predicted octanol–water partition coefficient (Wildman–Crippen LogP) is 2.50. The van der Waals surface area contributed by atoms with Gasteiger partial charge in [-0.15, -0.1) is 0 Å². The van der Waals surface area contributed by atoms with Crippen LogP contribution in [0.4, 0.5) is 24.5 Å². The van der Waals surface area contributed by atoms with Gasteiger partial charge in [0.2, 0.25) is 15.9 Å². The highest BCUT2D eigenvalue weighted by Gasteiger charge is 2.31. The number of hydrogen-bond donors (Lipinski definition) is 2. The molecule has 1 fully saturated rings. The minimum absolute atomic E-state index is 0.0516. The first-order valence-electron chi connectivity index (χ1n) is 9.55. The second-order valence-corrected chi connectivity index (χ2v) is 8.87. The molecule has 0 unspecified atom stereocenters. The van der Waals surface area contributed by atoms with E-state index in [1.807, 2.05) is 9.80 Å². The summed E-state index contributed by atoms with van der Waals surface area (Å²) in [6.45, 7) is 3.74. The molecule has 7 nitrogen and oxygen atoms in total. The molecule has 3 N–H and O–H groups in total. The van der Waals surface area contributed by atoms with Crippen molar-refractivity contribution in [3.8, 4) is 0 Å². The average molecular weight is 456 g/mol. The number of primary sulfonamides is 1. The van der Waals surface area contributed by atoms with Gasteiger partial charge in [0.25, 0.3) is 0 Å². The highest BCUT2D eigenvalue weighted by atomic mass is 32.2. The van der Waals surface area contributed by atoms with Crippen molar-refractivity contribution in [2.75, 3.05) is 36.4 Å². The number of hydrogen-bond acceptors (Lipinski definition) is 5. The summed E-state index contributed by atoms with van der Waals surface area (Å²) in [5.74, 6) is -0.268. The number of rotatable bonds is 5. The number of amides is 1. The number of carbonyl (C=O) groups is 1. The van der Waals surface area contributed by atoms with Gasteiger partial charge in [-0.1, -0.05) is 6.07 Å². The first-order valence-corrected chi connectivity index (χ1v) is 11.1. The lowest BCUT2D eigenvalue weighted by Crippen LogP contribution is -2.52. The SMILES string of the molecule is C[C@H](C(=O)Nc1ccc(S(N)(=O)=O)cc1)N1CCN(c2cccc(C(F)(F)F)c2)CC1. The fourth-order valence-corrected chi connectivity index (χ4v) is 3.90. The van der Waals surface area contributed by atoms with E-state index in [1.165, 1.54) is 30.3 Å². The van der Waals surface area contributed by atoms with Crippen molar-refractivity contribution in [2.24, 2.45) is 5.14 Å². The Morgan fingerprint density at radius 2 is 1.68 bits per heavy atom. The highest BCUT2D eigenvalue weighted by molar-refractivity contribution is 7.89. The Labute approximate surface area is 178 Å². The molecule has 0 radical (unpaired) electrons. The number of carbonyl (C=O) groups excluding carboxylic acids is 1. The number of nitrogens with one attached hydrogen (secondary N) is 1. The fraction of sp³-hybridized carbons (Fsp3) is 0.350. The van der Waals surface area contributed by atoms with Crippen molar-refractivity contribution in [3.63, 3.8) is 0 Å². The van der Waals surface area contributed by atoms with E-state index in [0.717, 1.165) is 12.1 Å². The molecule has 1 amide bonds. The molecule has 0 spiro atoms. The molecule has 3 rings (SSSR count). The van der Waals surface area contributed by atoms with Gasteiger partial charge in [0, 0.05) is 37.6 Å². The standard InChI is InChI=1S/C20H23F3N4O3S/c1-14(19(28)25-16-5-7-18(8-6-16)31(24,29)30)26-9-11-27(12-10-26)17-4-2-3-15(13-17)20(21,22)23/h2-8,13-14H,9-12H2,1H3,(H,25,28)(H2,24,29,30)/t14-/m1/s1. The average Bonchev–Trinajstić information content (AvgIpc) is 2.72. The number of piperazine rings is 1. The van der Waals surface area contributed by atoms with Crippen LogP contribution in [0.15, 0.2) is 53.4 Å². The lowest BCUT2D eigenvalue weighted by Gasteiger charge is -2.38. The van der Waals surface area contributed by atoms with E-state index in [9.17, 15) is 26.4 Å². The highest BCUT2D eigenvalue weighted by Crippen LogP contribution is 2.32. The summed E-state index contributed by atoms with van der Waals surface area (Å²) >= 11 is 0. The molecule has 0 aromatic heterocycles. The lowest BCUT2D eigenvalue weighted by molar-refractivity contribution is -0.137. The van der Waals surface area contributed by atoms with Crippen LogP contribution >= 0.6 is 0 Å². The van der Waals surface area contributed by atoms with Crippen molar-refractivity contribution >= 4 is 27.3 Å². The van der Waals surface area contributed by atoms with Gasteiger partial charge >= 0.3 is 6.18 Å². The summed E-state index contributed by atoms with van der Waals surface area (Å²) in [6, 6.07) is 10.3. The molecular weight excluding hydrogens is 433 g/mol. The van der Waals surface area contributed by atoms with E-state index in [0.29, 0.717) is 37.6 Å². The smallest absolute Gasteiger partial charge is 0.369 e. The second-order valence-electron chi connectivity index (χ2n) is 7.31. The number of sulfonamides is 1. The molecule has 0 saturated carbocycles. The Bertz CT molecular complexity index is 1030. The molecular formula is C20H23F3N4O3S. The summed E-state index contributed by atoms with van der Waals surface area (Å²) in [5, 5.41) is 7.78. The van der Waals surface area contributed by atoms with Gasteiger partial charge in [0.15, 0.2) is 0 Å². The molecule has 0 aliphatic carbocycles. The third kappa shape index (κ3) is 5.75. The van der Waals surface area contributed by atoms with Crippen LogP contribution in [0.5, 0.6) is 0 Å². The van der Waals surface area contributed by atoms with Gasteiger partial charge in [-0.2, -0.15) is 13.2 Å². The van der Waals surface area contributed by atoms with Crippen LogP contribution in [0, 0.1) is 0 Å².